The van der Waals surface area contributed by atoms with Crippen molar-refractivity contribution in [1.82, 2.24) is 0 Å². The van der Waals surface area contributed by atoms with E-state index in [4.69, 9.17) is 10.8 Å². The number of benzene rings is 2. The average Bonchev–Trinajstić information content (AvgIpc) is 2.30. The van der Waals surface area contributed by atoms with E-state index in [1.54, 1.807) is 12.1 Å². The van der Waals surface area contributed by atoms with Crippen molar-refractivity contribution in [3.63, 3.8) is 0 Å². The van der Waals surface area contributed by atoms with Gasteiger partial charge in [0.2, 0.25) is 0 Å². The summed E-state index contributed by atoms with van der Waals surface area (Å²) in [5, 5.41) is 9.13. The number of phenolic OH excluding ortho intramolecular Hbond substituents is 1. The first-order valence-electron chi connectivity index (χ1n) is 5.07. The third-order valence-corrected chi connectivity index (χ3v) is 2.30. The highest BCUT2D eigenvalue weighted by Crippen LogP contribution is 2.13. The van der Waals surface area contributed by atoms with Gasteiger partial charge in [-0.3, -0.25) is 0 Å². The highest BCUT2D eigenvalue weighted by atomic mass is 16.3. The largest absolute Gasteiger partial charge is 0.508 e. The summed E-state index contributed by atoms with van der Waals surface area (Å²) in [7, 11) is 0. The van der Waals surface area contributed by atoms with Crippen molar-refractivity contribution >= 4 is 17.8 Å². The predicted molar refractivity (Wildman–Crippen MR) is 67.9 cm³/mol. The Labute approximate surface area is 94.7 Å². The fourth-order valence-corrected chi connectivity index (χ4v) is 1.39. The lowest BCUT2D eigenvalue weighted by molar-refractivity contribution is 0.475. The minimum absolute atomic E-state index is 0.282. The Morgan fingerprint density at radius 1 is 0.750 bits per heavy atom. The van der Waals surface area contributed by atoms with E-state index in [0.29, 0.717) is 0 Å². The van der Waals surface area contributed by atoms with Crippen LogP contribution in [0, 0.1) is 0 Å². The maximum absolute atomic E-state index is 9.13. The van der Waals surface area contributed by atoms with Gasteiger partial charge in [0.1, 0.15) is 5.75 Å². The van der Waals surface area contributed by atoms with Gasteiger partial charge in [0.25, 0.3) is 0 Å². The summed E-state index contributed by atoms with van der Waals surface area (Å²) in [6, 6.07) is 14.7. The molecule has 0 atom stereocenters. The first kappa shape index (κ1) is 10.3. The smallest absolute Gasteiger partial charge is 0.115 e. The van der Waals surface area contributed by atoms with Gasteiger partial charge in [0.15, 0.2) is 0 Å². The fourth-order valence-electron chi connectivity index (χ4n) is 1.39. The molecule has 0 heterocycles. The van der Waals surface area contributed by atoms with Crippen LogP contribution in [0.5, 0.6) is 5.75 Å². The molecule has 0 bridgehead atoms. The van der Waals surface area contributed by atoms with Crippen LogP contribution in [-0.4, -0.2) is 5.11 Å². The van der Waals surface area contributed by atoms with Gasteiger partial charge in [-0.1, -0.05) is 36.4 Å². The van der Waals surface area contributed by atoms with Crippen molar-refractivity contribution < 1.29 is 5.11 Å². The molecule has 2 heteroatoms. The van der Waals surface area contributed by atoms with Gasteiger partial charge >= 0.3 is 0 Å². The molecule has 0 amide bonds. The minimum atomic E-state index is 0.282. The molecule has 0 saturated heterocycles. The Kier molecular flexibility index (Phi) is 2.92. The maximum Gasteiger partial charge on any atom is 0.115 e. The van der Waals surface area contributed by atoms with Crippen LogP contribution < -0.4 is 5.73 Å². The quantitative estimate of drug-likeness (QED) is 0.592. The number of nitrogens with two attached hydrogens (primary N) is 1. The van der Waals surface area contributed by atoms with Crippen LogP contribution in [0.4, 0.5) is 5.69 Å². The molecule has 0 aromatic heterocycles. The lowest BCUT2D eigenvalue weighted by atomic mass is 10.1. The summed E-state index contributed by atoms with van der Waals surface area (Å²) >= 11 is 0. The summed E-state index contributed by atoms with van der Waals surface area (Å²) in [4.78, 5) is 0. The first-order chi connectivity index (χ1) is 7.74. The minimum Gasteiger partial charge on any atom is -0.508 e. The molecule has 2 aromatic rings. The second kappa shape index (κ2) is 4.53. The van der Waals surface area contributed by atoms with E-state index in [1.807, 2.05) is 48.6 Å². The molecule has 0 aliphatic heterocycles. The fraction of sp³-hybridized carbons (Fsp3) is 0. The summed E-state index contributed by atoms with van der Waals surface area (Å²) in [5.74, 6) is 0.282. The van der Waals surface area contributed by atoms with Gasteiger partial charge in [0.05, 0.1) is 0 Å². The SMILES string of the molecule is Nc1ccc(/C=C/c2ccc(O)cc2)cc1. The van der Waals surface area contributed by atoms with Crippen LogP contribution in [0.25, 0.3) is 12.2 Å². The van der Waals surface area contributed by atoms with Gasteiger partial charge in [-0.25, -0.2) is 0 Å². The van der Waals surface area contributed by atoms with Crippen LogP contribution >= 0.6 is 0 Å². The molecule has 0 fully saturated rings. The lowest BCUT2D eigenvalue weighted by Crippen LogP contribution is -1.82. The number of anilines is 1. The summed E-state index contributed by atoms with van der Waals surface area (Å²) in [6.07, 6.45) is 4.00. The molecule has 2 nitrogen and oxygen atoms in total. The molecule has 2 aromatic carbocycles. The molecule has 3 N–H and O–H groups in total. The Morgan fingerprint density at radius 2 is 1.19 bits per heavy atom. The Morgan fingerprint density at radius 3 is 1.69 bits per heavy atom. The van der Waals surface area contributed by atoms with Crippen LogP contribution in [0.1, 0.15) is 11.1 Å². The van der Waals surface area contributed by atoms with Gasteiger partial charge in [-0.15, -0.1) is 0 Å². The Balaban J connectivity index is 2.15. The van der Waals surface area contributed by atoms with Crippen LogP contribution in [0.2, 0.25) is 0 Å². The zero-order chi connectivity index (χ0) is 11.4. The normalized spacial score (nSPS) is 10.8. The van der Waals surface area contributed by atoms with E-state index < -0.39 is 0 Å². The van der Waals surface area contributed by atoms with E-state index in [9.17, 15) is 0 Å². The van der Waals surface area contributed by atoms with Crippen molar-refractivity contribution in [2.75, 3.05) is 5.73 Å². The monoisotopic (exact) mass is 211 g/mol. The predicted octanol–water partition coefficient (Wildman–Crippen LogP) is 3.14. The van der Waals surface area contributed by atoms with Crippen molar-refractivity contribution in [3.05, 3.63) is 59.7 Å². The Hall–Kier alpha value is -2.22. The zero-order valence-electron chi connectivity index (χ0n) is 8.80. The van der Waals surface area contributed by atoms with Gasteiger partial charge in [-0.05, 0) is 35.4 Å². The molecule has 0 radical (unpaired) electrons. The molecule has 2 rings (SSSR count). The van der Waals surface area contributed by atoms with E-state index in [0.717, 1.165) is 16.8 Å². The average molecular weight is 211 g/mol. The molecule has 0 spiro atoms. The van der Waals surface area contributed by atoms with Crippen molar-refractivity contribution in [3.8, 4) is 5.75 Å². The number of phenols is 1. The lowest BCUT2D eigenvalue weighted by Gasteiger charge is -1.96. The number of nitrogen functional groups attached to an aromatic ring is 1. The number of rotatable bonds is 2. The molecule has 0 aliphatic carbocycles. The zero-order valence-corrected chi connectivity index (χ0v) is 8.80. The van der Waals surface area contributed by atoms with Gasteiger partial charge < -0.3 is 10.8 Å². The topological polar surface area (TPSA) is 46.2 Å². The molecule has 16 heavy (non-hydrogen) atoms. The van der Waals surface area contributed by atoms with E-state index in [1.165, 1.54) is 0 Å². The van der Waals surface area contributed by atoms with Crippen LogP contribution in [0.3, 0.4) is 0 Å². The molecular weight excluding hydrogens is 198 g/mol. The second-order valence-corrected chi connectivity index (χ2v) is 3.59. The highest BCUT2D eigenvalue weighted by Gasteiger charge is 1.89. The van der Waals surface area contributed by atoms with Crippen LogP contribution in [-0.2, 0) is 0 Å². The van der Waals surface area contributed by atoms with Crippen LogP contribution in [0.15, 0.2) is 48.5 Å². The van der Waals surface area contributed by atoms with E-state index in [-0.39, 0.29) is 5.75 Å². The van der Waals surface area contributed by atoms with E-state index in [2.05, 4.69) is 0 Å². The van der Waals surface area contributed by atoms with Gasteiger partial charge in [0, 0.05) is 5.69 Å². The third-order valence-electron chi connectivity index (χ3n) is 2.30. The van der Waals surface area contributed by atoms with E-state index >= 15 is 0 Å². The third kappa shape index (κ3) is 2.64. The molecule has 80 valence electrons. The molecule has 0 unspecified atom stereocenters. The number of hydrogen-bond acceptors (Lipinski definition) is 2. The second-order valence-electron chi connectivity index (χ2n) is 3.59. The number of hydrogen-bond donors (Lipinski definition) is 2. The summed E-state index contributed by atoms with van der Waals surface area (Å²) in [6.45, 7) is 0. The molecule has 0 saturated carbocycles. The maximum atomic E-state index is 9.13. The van der Waals surface area contributed by atoms with Gasteiger partial charge in [-0.2, -0.15) is 0 Å². The van der Waals surface area contributed by atoms with Crippen molar-refractivity contribution in [2.24, 2.45) is 0 Å². The Bertz CT molecular complexity index is 436. The van der Waals surface area contributed by atoms with Crippen molar-refractivity contribution in [1.29, 1.82) is 0 Å². The molecular formula is C14H13NO. The summed E-state index contributed by atoms with van der Waals surface area (Å²) < 4.78 is 0. The first-order valence-corrected chi connectivity index (χ1v) is 5.07. The number of aromatic hydroxyl groups is 1. The summed E-state index contributed by atoms with van der Waals surface area (Å²) in [5.41, 5.74) is 8.51. The standard InChI is InChI=1S/C14H13NO/c15-13-7-3-11(4-8-13)1-2-12-5-9-14(16)10-6-12/h1-10,16H,15H2/b2-1+. The highest BCUT2D eigenvalue weighted by molar-refractivity contribution is 5.70. The van der Waals surface area contributed by atoms with Crippen molar-refractivity contribution in [2.45, 2.75) is 0 Å². The molecule has 0 aliphatic rings.